The zero-order chi connectivity index (χ0) is 14.0. The maximum atomic E-state index is 10.8. The Balaban J connectivity index is 2.35. The standard InChI is InChI=1S/C12H16ClN3O3/c1-19-7-8-3-2-4-15(8)11-6-10(14)12(16(17)18)5-9(11)13/h5-6,8H,2-4,7,14H2,1H3/t8-/m0/s1. The fourth-order valence-corrected chi connectivity index (χ4v) is 2.73. The van der Waals surface area contributed by atoms with Crippen LogP contribution in [-0.2, 0) is 4.74 Å². The van der Waals surface area contributed by atoms with E-state index in [4.69, 9.17) is 22.1 Å². The van der Waals surface area contributed by atoms with Crippen molar-refractivity contribution in [3.8, 4) is 0 Å². The summed E-state index contributed by atoms with van der Waals surface area (Å²) in [5.74, 6) is 0. The van der Waals surface area contributed by atoms with Gasteiger partial charge in [-0.05, 0) is 18.9 Å². The number of hydrogen-bond donors (Lipinski definition) is 1. The van der Waals surface area contributed by atoms with Crippen molar-refractivity contribution < 1.29 is 9.66 Å². The van der Waals surface area contributed by atoms with Crippen molar-refractivity contribution in [2.45, 2.75) is 18.9 Å². The Morgan fingerprint density at radius 2 is 2.37 bits per heavy atom. The smallest absolute Gasteiger partial charge is 0.293 e. The van der Waals surface area contributed by atoms with Gasteiger partial charge in [-0.25, -0.2) is 0 Å². The molecule has 2 N–H and O–H groups in total. The summed E-state index contributed by atoms with van der Waals surface area (Å²) in [6, 6.07) is 3.13. The minimum Gasteiger partial charge on any atom is -0.393 e. The number of halogens is 1. The van der Waals surface area contributed by atoms with Crippen LogP contribution in [0.15, 0.2) is 12.1 Å². The van der Waals surface area contributed by atoms with Gasteiger partial charge in [-0.1, -0.05) is 11.6 Å². The van der Waals surface area contributed by atoms with Crippen molar-refractivity contribution in [3.63, 3.8) is 0 Å². The van der Waals surface area contributed by atoms with Gasteiger partial charge < -0.3 is 15.4 Å². The summed E-state index contributed by atoms with van der Waals surface area (Å²) in [5.41, 5.74) is 6.44. The molecule has 1 aliphatic rings. The number of methoxy groups -OCH3 is 1. The van der Waals surface area contributed by atoms with Crippen LogP contribution in [0, 0.1) is 10.1 Å². The molecule has 0 radical (unpaired) electrons. The summed E-state index contributed by atoms with van der Waals surface area (Å²) in [6.45, 7) is 1.46. The summed E-state index contributed by atoms with van der Waals surface area (Å²) in [6.07, 6.45) is 2.06. The number of rotatable bonds is 4. The van der Waals surface area contributed by atoms with Gasteiger partial charge in [0.25, 0.3) is 5.69 Å². The maximum Gasteiger partial charge on any atom is 0.293 e. The van der Waals surface area contributed by atoms with Crippen LogP contribution in [-0.4, -0.2) is 31.2 Å². The van der Waals surface area contributed by atoms with Crippen LogP contribution in [0.3, 0.4) is 0 Å². The Morgan fingerprint density at radius 3 is 3.00 bits per heavy atom. The molecule has 0 aliphatic carbocycles. The van der Waals surface area contributed by atoms with Gasteiger partial charge >= 0.3 is 0 Å². The number of hydrogen-bond acceptors (Lipinski definition) is 5. The lowest BCUT2D eigenvalue weighted by atomic mass is 10.2. The molecule has 1 aromatic rings. The average Bonchev–Trinajstić information content (AvgIpc) is 2.80. The van der Waals surface area contributed by atoms with E-state index in [1.54, 1.807) is 13.2 Å². The molecule has 7 heteroatoms. The molecule has 1 heterocycles. The number of nitro groups is 1. The van der Waals surface area contributed by atoms with Crippen molar-refractivity contribution in [3.05, 3.63) is 27.3 Å². The maximum absolute atomic E-state index is 10.8. The second-order valence-corrected chi connectivity index (χ2v) is 4.97. The second kappa shape index (κ2) is 5.63. The van der Waals surface area contributed by atoms with Crippen molar-refractivity contribution in [2.24, 2.45) is 0 Å². The number of nitro benzene ring substituents is 1. The predicted octanol–water partition coefficient (Wildman–Crippen LogP) is 2.45. The highest BCUT2D eigenvalue weighted by Gasteiger charge is 2.28. The molecular weight excluding hydrogens is 270 g/mol. The highest BCUT2D eigenvalue weighted by Crippen LogP contribution is 2.37. The third-order valence-electron chi connectivity index (χ3n) is 3.34. The van der Waals surface area contributed by atoms with E-state index in [0.717, 1.165) is 25.1 Å². The molecule has 0 unspecified atom stereocenters. The van der Waals surface area contributed by atoms with Gasteiger partial charge in [0, 0.05) is 19.7 Å². The molecule has 1 aliphatic heterocycles. The number of nitrogens with zero attached hydrogens (tertiary/aromatic N) is 2. The Kier molecular flexibility index (Phi) is 4.11. The summed E-state index contributed by atoms with van der Waals surface area (Å²) in [7, 11) is 1.66. The number of nitrogen functional groups attached to an aromatic ring is 1. The van der Waals surface area contributed by atoms with E-state index in [-0.39, 0.29) is 17.4 Å². The summed E-state index contributed by atoms with van der Waals surface area (Å²) < 4.78 is 5.19. The van der Waals surface area contributed by atoms with E-state index >= 15 is 0 Å². The first-order valence-electron chi connectivity index (χ1n) is 6.03. The summed E-state index contributed by atoms with van der Waals surface area (Å²) >= 11 is 6.15. The van der Waals surface area contributed by atoms with E-state index in [0.29, 0.717) is 11.6 Å². The summed E-state index contributed by atoms with van der Waals surface area (Å²) in [5, 5.41) is 11.2. The first-order chi connectivity index (χ1) is 9.04. The molecule has 6 nitrogen and oxygen atoms in total. The van der Waals surface area contributed by atoms with Crippen molar-refractivity contribution >= 4 is 28.7 Å². The molecule has 1 saturated heterocycles. The Bertz CT molecular complexity index is 495. The van der Waals surface area contributed by atoms with Gasteiger partial charge in [-0.2, -0.15) is 0 Å². The Hall–Kier alpha value is -1.53. The first kappa shape index (κ1) is 13.9. The molecule has 1 atom stereocenters. The third kappa shape index (κ3) is 2.74. The van der Waals surface area contributed by atoms with Crippen LogP contribution in [0.1, 0.15) is 12.8 Å². The van der Waals surface area contributed by atoms with Crippen molar-refractivity contribution in [2.75, 3.05) is 30.9 Å². The van der Waals surface area contributed by atoms with Gasteiger partial charge in [-0.15, -0.1) is 0 Å². The highest BCUT2D eigenvalue weighted by atomic mass is 35.5. The van der Waals surface area contributed by atoms with E-state index in [9.17, 15) is 10.1 Å². The molecule has 0 bridgehead atoms. The molecule has 2 rings (SSSR count). The normalized spacial score (nSPS) is 18.8. The SMILES string of the molecule is COC[C@@H]1CCCN1c1cc(N)c([N+](=O)[O-])cc1Cl. The van der Waals surface area contributed by atoms with Crippen molar-refractivity contribution in [1.29, 1.82) is 0 Å². The van der Waals surface area contributed by atoms with Crippen LogP contribution in [0.25, 0.3) is 0 Å². The topological polar surface area (TPSA) is 81.6 Å². The van der Waals surface area contributed by atoms with Gasteiger partial charge in [0.1, 0.15) is 5.69 Å². The van der Waals surface area contributed by atoms with E-state index in [1.165, 1.54) is 6.07 Å². The quantitative estimate of drug-likeness (QED) is 0.522. The van der Waals surface area contributed by atoms with Gasteiger partial charge in [0.15, 0.2) is 0 Å². The average molecular weight is 286 g/mol. The van der Waals surface area contributed by atoms with Crippen LogP contribution < -0.4 is 10.6 Å². The fourth-order valence-electron chi connectivity index (χ4n) is 2.46. The van der Waals surface area contributed by atoms with Crippen LogP contribution >= 0.6 is 11.6 Å². The molecule has 1 aromatic carbocycles. The zero-order valence-electron chi connectivity index (χ0n) is 10.6. The summed E-state index contributed by atoms with van der Waals surface area (Å²) in [4.78, 5) is 12.4. The molecule has 19 heavy (non-hydrogen) atoms. The van der Waals surface area contributed by atoms with Gasteiger partial charge in [0.05, 0.1) is 28.3 Å². The number of nitrogens with two attached hydrogens (primary N) is 1. The van der Waals surface area contributed by atoms with Crippen molar-refractivity contribution in [1.82, 2.24) is 0 Å². The van der Waals surface area contributed by atoms with Crippen LogP contribution in [0.4, 0.5) is 17.1 Å². The van der Waals surface area contributed by atoms with Crippen LogP contribution in [0.2, 0.25) is 5.02 Å². The Morgan fingerprint density at radius 1 is 1.63 bits per heavy atom. The van der Waals surface area contributed by atoms with E-state index < -0.39 is 4.92 Å². The highest BCUT2D eigenvalue weighted by molar-refractivity contribution is 6.33. The number of benzene rings is 1. The fraction of sp³-hybridized carbons (Fsp3) is 0.500. The monoisotopic (exact) mass is 285 g/mol. The first-order valence-corrected chi connectivity index (χ1v) is 6.41. The van der Waals surface area contributed by atoms with E-state index in [2.05, 4.69) is 4.90 Å². The molecule has 104 valence electrons. The van der Waals surface area contributed by atoms with Gasteiger partial charge in [0.2, 0.25) is 0 Å². The molecular formula is C12H16ClN3O3. The molecule has 0 saturated carbocycles. The minimum absolute atomic E-state index is 0.132. The predicted molar refractivity (Wildman–Crippen MR) is 74.8 cm³/mol. The second-order valence-electron chi connectivity index (χ2n) is 4.56. The number of ether oxygens (including phenoxy) is 1. The third-order valence-corrected chi connectivity index (χ3v) is 3.64. The number of anilines is 2. The molecule has 0 amide bonds. The zero-order valence-corrected chi connectivity index (χ0v) is 11.4. The molecule has 1 fully saturated rings. The molecule has 0 aromatic heterocycles. The lowest BCUT2D eigenvalue weighted by Crippen LogP contribution is -2.33. The molecule has 0 spiro atoms. The lowest BCUT2D eigenvalue weighted by molar-refractivity contribution is -0.383. The minimum atomic E-state index is -0.526. The largest absolute Gasteiger partial charge is 0.393 e. The Labute approximate surface area is 116 Å². The van der Waals surface area contributed by atoms with Gasteiger partial charge in [-0.3, -0.25) is 10.1 Å². The van der Waals surface area contributed by atoms with Crippen LogP contribution in [0.5, 0.6) is 0 Å². The lowest BCUT2D eigenvalue weighted by Gasteiger charge is -2.27. The van der Waals surface area contributed by atoms with E-state index in [1.807, 2.05) is 0 Å².